The van der Waals surface area contributed by atoms with E-state index in [9.17, 15) is 4.39 Å². The first-order valence-corrected chi connectivity index (χ1v) is 5.35. The average molecular weight is 214 g/mol. The maximum Gasteiger partial charge on any atom is 0.124 e. The van der Waals surface area contributed by atoms with E-state index in [4.69, 9.17) is 11.6 Å². The molecule has 14 heavy (non-hydrogen) atoms. The van der Waals surface area contributed by atoms with Crippen molar-refractivity contribution in [1.82, 2.24) is 0 Å². The fourth-order valence-electron chi connectivity index (χ4n) is 1.90. The van der Waals surface area contributed by atoms with Crippen LogP contribution in [0.5, 0.6) is 0 Å². The molecule has 2 rings (SSSR count). The Morgan fingerprint density at radius 3 is 2.64 bits per heavy atom. The Kier molecular flexibility index (Phi) is 2.92. The highest BCUT2D eigenvalue weighted by molar-refractivity contribution is 6.33. The van der Waals surface area contributed by atoms with E-state index in [1.807, 2.05) is 0 Å². The predicted molar refractivity (Wildman–Crippen MR) is 57.3 cm³/mol. The summed E-state index contributed by atoms with van der Waals surface area (Å²) in [7, 11) is 0. The molecule has 0 bridgehead atoms. The number of hydrogen-bond donors (Lipinski definition) is 1. The number of benzene rings is 1. The van der Waals surface area contributed by atoms with E-state index in [2.05, 4.69) is 5.32 Å². The second-order valence-electron chi connectivity index (χ2n) is 3.75. The molecule has 1 nitrogen and oxygen atoms in total. The molecule has 0 heterocycles. The van der Waals surface area contributed by atoms with Crippen LogP contribution in [0, 0.1) is 5.82 Å². The van der Waals surface area contributed by atoms with Crippen molar-refractivity contribution in [2.24, 2.45) is 0 Å². The summed E-state index contributed by atoms with van der Waals surface area (Å²) in [5, 5.41) is 3.81. The van der Waals surface area contributed by atoms with Gasteiger partial charge in [0.2, 0.25) is 0 Å². The van der Waals surface area contributed by atoms with Crippen molar-refractivity contribution in [2.45, 2.75) is 31.7 Å². The standard InChI is InChI=1S/C11H13ClFN/c12-10-7-8(13)5-6-11(10)14-9-3-1-2-4-9/h5-7,9,14H,1-4H2. The van der Waals surface area contributed by atoms with E-state index < -0.39 is 0 Å². The van der Waals surface area contributed by atoms with Crippen molar-refractivity contribution in [3.05, 3.63) is 29.0 Å². The van der Waals surface area contributed by atoms with Gasteiger partial charge in [-0.2, -0.15) is 0 Å². The highest BCUT2D eigenvalue weighted by Gasteiger charge is 2.15. The summed E-state index contributed by atoms with van der Waals surface area (Å²) < 4.78 is 12.7. The van der Waals surface area contributed by atoms with Crippen LogP contribution in [0.15, 0.2) is 18.2 Å². The SMILES string of the molecule is Fc1ccc(NC2CCCC2)c(Cl)c1. The van der Waals surface area contributed by atoms with Gasteiger partial charge in [0.15, 0.2) is 0 Å². The molecule has 0 amide bonds. The lowest BCUT2D eigenvalue weighted by atomic mass is 10.2. The number of rotatable bonds is 2. The van der Waals surface area contributed by atoms with Gasteiger partial charge < -0.3 is 5.32 Å². The van der Waals surface area contributed by atoms with Crippen molar-refractivity contribution in [3.8, 4) is 0 Å². The molecule has 1 aliphatic rings. The van der Waals surface area contributed by atoms with Gasteiger partial charge in [-0.25, -0.2) is 4.39 Å². The summed E-state index contributed by atoms with van der Waals surface area (Å²) in [5.41, 5.74) is 0.847. The molecule has 0 spiro atoms. The highest BCUT2D eigenvalue weighted by atomic mass is 35.5. The van der Waals surface area contributed by atoms with Gasteiger partial charge in [0, 0.05) is 6.04 Å². The van der Waals surface area contributed by atoms with Crippen LogP contribution in [0.2, 0.25) is 5.02 Å². The summed E-state index contributed by atoms with van der Waals surface area (Å²) in [5.74, 6) is -0.285. The van der Waals surface area contributed by atoms with E-state index in [0.717, 1.165) is 5.69 Å². The van der Waals surface area contributed by atoms with Gasteiger partial charge >= 0.3 is 0 Å². The molecule has 0 atom stereocenters. The Morgan fingerprint density at radius 2 is 2.00 bits per heavy atom. The van der Waals surface area contributed by atoms with Crippen molar-refractivity contribution in [2.75, 3.05) is 5.32 Å². The smallest absolute Gasteiger partial charge is 0.124 e. The third-order valence-electron chi connectivity index (χ3n) is 2.65. The zero-order valence-corrected chi connectivity index (χ0v) is 8.65. The van der Waals surface area contributed by atoms with E-state index in [1.54, 1.807) is 6.07 Å². The van der Waals surface area contributed by atoms with Crippen molar-refractivity contribution in [3.63, 3.8) is 0 Å². The van der Waals surface area contributed by atoms with Crippen LogP contribution in [0.1, 0.15) is 25.7 Å². The van der Waals surface area contributed by atoms with Crippen LogP contribution in [0.4, 0.5) is 10.1 Å². The third-order valence-corrected chi connectivity index (χ3v) is 2.96. The van der Waals surface area contributed by atoms with Crippen molar-refractivity contribution in [1.29, 1.82) is 0 Å². The average Bonchev–Trinajstić information content (AvgIpc) is 2.62. The second-order valence-corrected chi connectivity index (χ2v) is 4.16. The number of nitrogens with one attached hydrogen (secondary N) is 1. The maximum atomic E-state index is 12.7. The minimum Gasteiger partial charge on any atom is -0.381 e. The molecule has 1 fully saturated rings. The summed E-state index contributed by atoms with van der Waals surface area (Å²) >= 11 is 5.91. The van der Waals surface area contributed by atoms with Gasteiger partial charge in [0.25, 0.3) is 0 Å². The molecule has 1 saturated carbocycles. The quantitative estimate of drug-likeness (QED) is 0.787. The van der Waals surface area contributed by atoms with Crippen LogP contribution in [-0.2, 0) is 0 Å². The minimum absolute atomic E-state index is 0.285. The molecule has 1 aromatic carbocycles. The van der Waals surface area contributed by atoms with E-state index in [0.29, 0.717) is 11.1 Å². The Labute approximate surface area is 88.3 Å². The van der Waals surface area contributed by atoms with Gasteiger partial charge in [-0.15, -0.1) is 0 Å². The van der Waals surface area contributed by atoms with Gasteiger partial charge in [0.1, 0.15) is 5.82 Å². The Morgan fingerprint density at radius 1 is 1.29 bits per heavy atom. The molecule has 0 aromatic heterocycles. The first-order valence-electron chi connectivity index (χ1n) is 4.97. The molecule has 1 aliphatic carbocycles. The second kappa shape index (κ2) is 4.18. The summed E-state index contributed by atoms with van der Waals surface area (Å²) in [4.78, 5) is 0. The molecule has 0 radical (unpaired) electrons. The van der Waals surface area contributed by atoms with E-state index in [-0.39, 0.29) is 5.82 Å². The summed E-state index contributed by atoms with van der Waals surface area (Å²) in [6, 6.07) is 5.00. The fourth-order valence-corrected chi connectivity index (χ4v) is 2.12. The Bertz CT molecular complexity index is 321. The molecule has 0 aliphatic heterocycles. The molecule has 76 valence electrons. The van der Waals surface area contributed by atoms with Crippen LogP contribution < -0.4 is 5.32 Å². The lowest BCUT2D eigenvalue weighted by Gasteiger charge is -2.14. The molecule has 1 N–H and O–H groups in total. The zero-order valence-electron chi connectivity index (χ0n) is 7.89. The van der Waals surface area contributed by atoms with Crippen LogP contribution in [-0.4, -0.2) is 6.04 Å². The fraction of sp³-hybridized carbons (Fsp3) is 0.455. The molecule has 1 aromatic rings. The van der Waals surface area contributed by atoms with Crippen LogP contribution in [0.3, 0.4) is 0 Å². The highest BCUT2D eigenvalue weighted by Crippen LogP contribution is 2.27. The van der Waals surface area contributed by atoms with Gasteiger partial charge in [0.05, 0.1) is 10.7 Å². The van der Waals surface area contributed by atoms with Crippen LogP contribution >= 0.6 is 11.6 Å². The minimum atomic E-state index is -0.285. The van der Waals surface area contributed by atoms with Crippen molar-refractivity contribution >= 4 is 17.3 Å². The largest absolute Gasteiger partial charge is 0.381 e. The number of halogens is 2. The van der Waals surface area contributed by atoms with E-state index in [1.165, 1.54) is 37.8 Å². The van der Waals surface area contributed by atoms with Gasteiger partial charge in [-0.05, 0) is 31.0 Å². The first kappa shape index (κ1) is 9.78. The summed E-state index contributed by atoms with van der Waals surface area (Å²) in [6.07, 6.45) is 4.92. The number of anilines is 1. The topological polar surface area (TPSA) is 12.0 Å². The lowest BCUT2D eigenvalue weighted by molar-refractivity contribution is 0.628. The Hall–Kier alpha value is -0.760. The first-order chi connectivity index (χ1) is 6.75. The maximum absolute atomic E-state index is 12.7. The lowest BCUT2D eigenvalue weighted by Crippen LogP contribution is -2.14. The number of hydrogen-bond acceptors (Lipinski definition) is 1. The monoisotopic (exact) mass is 213 g/mol. The molecule has 3 heteroatoms. The molecule has 0 unspecified atom stereocenters. The third kappa shape index (κ3) is 2.18. The van der Waals surface area contributed by atoms with Gasteiger partial charge in [-0.1, -0.05) is 24.4 Å². The van der Waals surface area contributed by atoms with Gasteiger partial charge in [-0.3, -0.25) is 0 Å². The summed E-state index contributed by atoms with van der Waals surface area (Å²) in [6.45, 7) is 0. The predicted octanol–water partition coefficient (Wildman–Crippen LogP) is 3.83. The van der Waals surface area contributed by atoms with Crippen LogP contribution in [0.25, 0.3) is 0 Å². The normalized spacial score (nSPS) is 17.3. The molecule has 0 saturated heterocycles. The van der Waals surface area contributed by atoms with E-state index >= 15 is 0 Å². The zero-order chi connectivity index (χ0) is 9.97. The van der Waals surface area contributed by atoms with Crippen molar-refractivity contribution < 1.29 is 4.39 Å². The Balaban J connectivity index is 2.08. The molecular weight excluding hydrogens is 201 g/mol. The molecular formula is C11H13ClFN.